The number of halogens is 3. The third kappa shape index (κ3) is 4.94. The average molecular weight is 302 g/mol. The molecule has 0 amide bonds. The van der Waals surface area contributed by atoms with Gasteiger partial charge in [0.05, 0.1) is 6.61 Å². The Labute approximate surface area is 111 Å². The second-order valence-electron chi connectivity index (χ2n) is 3.97. The van der Waals surface area contributed by atoms with Gasteiger partial charge in [-0.2, -0.15) is 0 Å². The third-order valence-electron chi connectivity index (χ3n) is 2.30. The molecule has 1 aliphatic rings. The van der Waals surface area contributed by atoms with Gasteiger partial charge in [0.1, 0.15) is 6.10 Å². The lowest BCUT2D eigenvalue weighted by Crippen LogP contribution is -2.41. The van der Waals surface area contributed by atoms with Crippen LogP contribution in [0, 0.1) is 0 Å². The summed E-state index contributed by atoms with van der Waals surface area (Å²) in [5.41, 5.74) is 0. The van der Waals surface area contributed by atoms with Gasteiger partial charge in [0.2, 0.25) is 0 Å². The molecule has 0 aromatic carbocycles. The molecule has 0 aromatic heterocycles. The average Bonchev–Trinajstić information content (AvgIpc) is 2.52. The van der Waals surface area contributed by atoms with Crippen LogP contribution in [0.15, 0.2) is 0 Å². The third-order valence-corrected chi connectivity index (χ3v) is 2.30. The maximum Gasteiger partial charge on any atom is 0.522 e. The van der Waals surface area contributed by atoms with E-state index in [0.29, 0.717) is 0 Å². The molecule has 7 nitrogen and oxygen atoms in total. The fourth-order valence-corrected chi connectivity index (χ4v) is 1.67. The van der Waals surface area contributed by atoms with E-state index >= 15 is 0 Å². The summed E-state index contributed by atoms with van der Waals surface area (Å²) < 4.78 is 53.6. The summed E-state index contributed by atoms with van der Waals surface area (Å²) in [5.74, 6) is -1.64. The van der Waals surface area contributed by atoms with Crippen LogP contribution in [0.3, 0.4) is 0 Å². The van der Waals surface area contributed by atoms with Crippen LogP contribution < -0.4 is 0 Å². The van der Waals surface area contributed by atoms with E-state index < -0.39 is 49.5 Å². The molecule has 0 spiro atoms. The van der Waals surface area contributed by atoms with E-state index in [0.717, 1.165) is 13.8 Å². The minimum atomic E-state index is -4.91. The second-order valence-corrected chi connectivity index (χ2v) is 3.97. The van der Waals surface area contributed by atoms with Gasteiger partial charge < -0.3 is 19.3 Å². The predicted molar refractivity (Wildman–Crippen MR) is 54.0 cm³/mol. The fraction of sp³-hybridized carbons (Fsp3) is 0.800. The molecule has 4 atom stereocenters. The van der Waals surface area contributed by atoms with Crippen LogP contribution in [-0.2, 0) is 28.5 Å². The molecule has 1 N–H and O–H groups in total. The van der Waals surface area contributed by atoms with E-state index in [4.69, 9.17) is 9.47 Å². The zero-order valence-electron chi connectivity index (χ0n) is 10.5. The van der Waals surface area contributed by atoms with Crippen LogP contribution in [0.1, 0.15) is 13.8 Å². The Balaban J connectivity index is 2.77. The lowest BCUT2D eigenvalue weighted by molar-refractivity contribution is -0.334. The Morgan fingerprint density at radius 1 is 1.15 bits per heavy atom. The van der Waals surface area contributed by atoms with Crippen molar-refractivity contribution in [2.45, 2.75) is 44.8 Å². The van der Waals surface area contributed by atoms with Gasteiger partial charge in [-0.3, -0.25) is 14.3 Å². The fourth-order valence-electron chi connectivity index (χ4n) is 1.67. The Morgan fingerprint density at radius 3 is 2.10 bits per heavy atom. The van der Waals surface area contributed by atoms with Crippen molar-refractivity contribution in [1.82, 2.24) is 0 Å². The molecule has 0 unspecified atom stereocenters. The van der Waals surface area contributed by atoms with Crippen molar-refractivity contribution < 1.29 is 46.8 Å². The van der Waals surface area contributed by atoms with Crippen LogP contribution in [0.5, 0.6) is 0 Å². The number of hydrogen-bond donors (Lipinski definition) is 1. The Kier molecular flexibility index (Phi) is 5.31. The van der Waals surface area contributed by atoms with Crippen molar-refractivity contribution in [3.8, 4) is 0 Å². The monoisotopic (exact) mass is 302 g/mol. The summed E-state index contributed by atoms with van der Waals surface area (Å²) >= 11 is 0. The van der Waals surface area contributed by atoms with Gasteiger partial charge in [-0.05, 0) is 0 Å². The first kappa shape index (κ1) is 16.7. The number of ether oxygens (including phenoxy) is 4. The molecule has 1 aliphatic heterocycles. The molecular formula is C10H13F3O7. The van der Waals surface area contributed by atoms with Gasteiger partial charge in [0.25, 0.3) is 0 Å². The molecule has 20 heavy (non-hydrogen) atoms. The number of alkyl halides is 3. The van der Waals surface area contributed by atoms with Gasteiger partial charge in [0, 0.05) is 13.8 Å². The zero-order valence-corrected chi connectivity index (χ0v) is 10.5. The van der Waals surface area contributed by atoms with E-state index in [1.165, 1.54) is 0 Å². The standard InChI is InChI=1S/C10H13F3O7/c1-4(14)18-7-6(3-17-10(11,12)13)20-9(16)8(7)19-5(2)15/h6-9,16H,3H2,1-2H3/t6-,7-,8-,9-/m1/s1. The van der Waals surface area contributed by atoms with E-state index in [9.17, 15) is 27.9 Å². The Bertz CT molecular complexity index is 370. The topological polar surface area (TPSA) is 91.3 Å². The normalized spacial score (nSPS) is 30.1. The van der Waals surface area contributed by atoms with Crippen molar-refractivity contribution in [1.29, 1.82) is 0 Å². The van der Waals surface area contributed by atoms with E-state index in [1.54, 1.807) is 0 Å². The van der Waals surface area contributed by atoms with Gasteiger partial charge >= 0.3 is 18.3 Å². The Hall–Kier alpha value is -1.39. The van der Waals surface area contributed by atoms with Crippen molar-refractivity contribution >= 4 is 11.9 Å². The molecule has 1 rings (SSSR count). The van der Waals surface area contributed by atoms with Gasteiger partial charge in [-0.15, -0.1) is 13.2 Å². The SMILES string of the molecule is CC(=O)O[C@@H]1[C@H](OC(C)=O)[C@@H](COC(F)(F)F)O[C@H]1O. The van der Waals surface area contributed by atoms with Crippen LogP contribution in [0.25, 0.3) is 0 Å². The quantitative estimate of drug-likeness (QED) is 0.737. The molecule has 0 radical (unpaired) electrons. The van der Waals surface area contributed by atoms with Crippen molar-refractivity contribution in [2.24, 2.45) is 0 Å². The highest BCUT2D eigenvalue weighted by Crippen LogP contribution is 2.28. The smallest absolute Gasteiger partial charge is 0.455 e. The Morgan fingerprint density at radius 2 is 1.65 bits per heavy atom. The van der Waals surface area contributed by atoms with E-state index in [-0.39, 0.29) is 0 Å². The number of aliphatic hydroxyl groups is 1. The lowest BCUT2D eigenvalue weighted by atomic mass is 10.1. The molecule has 0 aromatic rings. The van der Waals surface area contributed by atoms with Gasteiger partial charge in [-0.25, -0.2) is 0 Å². The van der Waals surface area contributed by atoms with Crippen molar-refractivity contribution in [2.75, 3.05) is 6.61 Å². The maximum atomic E-state index is 12.0. The molecule has 1 saturated heterocycles. The highest BCUT2D eigenvalue weighted by Gasteiger charge is 2.49. The summed E-state index contributed by atoms with van der Waals surface area (Å²) in [5, 5.41) is 9.49. The summed E-state index contributed by atoms with van der Waals surface area (Å²) in [6.45, 7) is 1.02. The largest absolute Gasteiger partial charge is 0.522 e. The van der Waals surface area contributed by atoms with Crippen LogP contribution >= 0.6 is 0 Å². The molecule has 10 heteroatoms. The van der Waals surface area contributed by atoms with Crippen LogP contribution in [0.4, 0.5) is 13.2 Å². The zero-order chi connectivity index (χ0) is 15.5. The van der Waals surface area contributed by atoms with Gasteiger partial charge in [-0.1, -0.05) is 0 Å². The van der Waals surface area contributed by atoms with Crippen LogP contribution in [0.2, 0.25) is 0 Å². The molecule has 1 fully saturated rings. The summed E-state index contributed by atoms with van der Waals surface area (Å²) in [6.07, 6.45) is -10.9. The summed E-state index contributed by atoms with van der Waals surface area (Å²) in [4.78, 5) is 21.8. The molecule has 0 saturated carbocycles. The highest BCUT2D eigenvalue weighted by molar-refractivity contribution is 5.67. The van der Waals surface area contributed by atoms with Crippen LogP contribution in [-0.4, -0.2) is 54.6 Å². The summed E-state index contributed by atoms with van der Waals surface area (Å²) in [7, 11) is 0. The van der Waals surface area contributed by atoms with Crippen molar-refractivity contribution in [3.63, 3.8) is 0 Å². The molecule has 116 valence electrons. The molecular weight excluding hydrogens is 289 g/mol. The minimum absolute atomic E-state index is 0.813. The number of rotatable bonds is 4. The second kappa shape index (κ2) is 6.37. The number of carbonyl (C=O) groups excluding carboxylic acids is 2. The molecule has 0 bridgehead atoms. The van der Waals surface area contributed by atoms with Gasteiger partial charge in [0.15, 0.2) is 18.5 Å². The maximum absolute atomic E-state index is 12.0. The highest BCUT2D eigenvalue weighted by atomic mass is 19.4. The number of hydrogen-bond acceptors (Lipinski definition) is 7. The predicted octanol–water partition coefficient (Wildman–Crippen LogP) is 0.103. The number of carbonyl (C=O) groups is 2. The molecule has 0 aliphatic carbocycles. The first-order valence-electron chi connectivity index (χ1n) is 5.49. The minimum Gasteiger partial charge on any atom is -0.455 e. The van der Waals surface area contributed by atoms with E-state index in [1.807, 2.05) is 0 Å². The van der Waals surface area contributed by atoms with E-state index in [2.05, 4.69) is 9.47 Å². The first-order valence-corrected chi connectivity index (χ1v) is 5.49. The number of aliphatic hydroxyl groups excluding tert-OH is 1. The van der Waals surface area contributed by atoms with Crippen molar-refractivity contribution in [3.05, 3.63) is 0 Å². The molecule has 1 heterocycles. The first-order chi connectivity index (χ1) is 9.10. The lowest BCUT2D eigenvalue weighted by Gasteiger charge is -2.22. The summed E-state index contributed by atoms with van der Waals surface area (Å²) in [6, 6.07) is 0. The number of esters is 2.